The number of ether oxygens (including phenoxy) is 1. The number of nitrogens with two attached hydrogens (primary N) is 1. The summed E-state index contributed by atoms with van der Waals surface area (Å²) in [5.74, 6) is 0.812. The smallest absolute Gasteiger partial charge is 0.274 e. The van der Waals surface area contributed by atoms with E-state index in [1.54, 1.807) is 17.9 Å². The molecule has 3 N–H and O–H groups in total. The van der Waals surface area contributed by atoms with Crippen molar-refractivity contribution in [2.75, 3.05) is 12.8 Å². The Kier molecular flexibility index (Phi) is 2.75. The minimum absolute atomic E-state index is 0.188. The van der Waals surface area contributed by atoms with Crippen molar-refractivity contribution in [2.24, 2.45) is 0 Å². The standard InChI is InChI=1S/C15H15N3O2/c1-9-8-10(6-7-13(9)20-2)18-12-5-3-4-11(16)14(12)15(19)17-18/h3-8H,16H2,1-2H3,(H,17,19). The van der Waals surface area contributed by atoms with Crippen molar-refractivity contribution in [2.45, 2.75) is 6.92 Å². The highest BCUT2D eigenvalue weighted by Gasteiger charge is 2.11. The number of fused-ring (bicyclic) bond motifs is 1. The second-order valence-electron chi connectivity index (χ2n) is 4.67. The average molecular weight is 269 g/mol. The number of anilines is 1. The van der Waals surface area contributed by atoms with Crippen LogP contribution in [0.2, 0.25) is 0 Å². The fourth-order valence-electron chi connectivity index (χ4n) is 2.41. The zero-order valence-corrected chi connectivity index (χ0v) is 11.3. The quantitative estimate of drug-likeness (QED) is 0.701. The molecule has 5 nitrogen and oxygen atoms in total. The van der Waals surface area contributed by atoms with Crippen LogP contribution in [-0.4, -0.2) is 16.9 Å². The molecule has 0 aliphatic heterocycles. The second-order valence-corrected chi connectivity index (χ2v) is 4.67. The summed E-state index contributed by atoms with van der Waals surface area (Å²) in [5.41, 5.74) is 8.78. The van der Waals surface area contributed by atoms with Gasteiger partial charge in [-0.1, -0.05) is 6.07 Å². The molecule has 0 atom stereocenters. The van der Waals surface area contributed by atoms with E-state index in [0.717, 1.165) is 22.5 Å². The molecule has 0 fully saturated rings. The highest BCUT2D eigenvalue weighted by Crippen LogP contribution is 2.24. The summed E-state index contributed by atoms with van der Waals surface area (Å²) < 4.78 is 6.98. The van der Waals surface area contributed by atoms with Crippen molar-refractivity contribution in [3.8, 4) is 11.4 Å². The molecule has 0 aliphatic carbocycles. The predicted molar refractivity (Wildman–Crippen MR) is 79.6 cm³/mol. The van der Waals surface area contributed by atoms with Gasteiger partial charge < -0.3 is 10.5 Å². The van der Waals surface area contributed by atoms with E-state index in [9.17, 15) is 4.79 Å². The Balaban J connectivity index is 2.28. The zero-order valence-electron chi connectivity index (χ0n) is 11.3. The molecule has 0 radical (unpaired) electrons. The first-order valence-corrected chi connectivity index (χ1v) is 6.26. The number of nitrogen functional groups attached to an aromatic ring is 1. The van der Waals surface area contributed by atoms with Gasteiger partial charge in [0, 0.05) is 5.69 Å². The molecule has 0 saturated heterocycles. The Hall–Kier alpha value is -2.69. The number of nitrogens with one attached hydrogen (secondary N) is 1. The molecule has 3 rings (SSSR count). The van der Waals surface area contributed by atoms with Crippen molar-refractivity contribution in [3.63, 3.8) is 0 Å². The van der Waals surface area contributed by atoms with E-state index in [1.807, 2.05) is 37.3 Å². The van der Waals surface area contributed by atoms with E-state index in [1.165, 1.54) is 0 Å². The fourth-order valence-corrected chi connectivity index (χ4v) is 2.41. The minimum Gasteiger partial charge on any atom is -0.496 e. The summed E-state index contributed by atoms with van der Waals surface area (Å²) in [6.45, 7) is 1.96. The van der Waals surface area contributed by atoms with Crippen LogP contribution in [0.15, 0.2) is 41.2 Å². The van der Waals surface area contributed by atoms with Gasteiger partial charge in [-0.25, -0.2) is 0 Å². The van der Waals surface area contributed by atoms with E-state index in [-0.39, 0.29) is 5.56 Å². The molecule has 0 spiro atoms. The SMILES string of the molecule is COc1ccc(-n2[nH]c(=O)c3c(N)cccc32)cc1C. The molecular weight excluding hydrogens is 254 g/mol. The summed E-state index contributed by atoms with van der Waals surface area (Å²) in [6, 6.07) is 11.1. The normalized spacial score (nSPS) is 10.9. The third-order valence-corrected chi connectivity index (χ3v) is 3.39. The molecule has 1 heterocycles. The Bertz CT molecular complexity index is 846. The molecular formula is C15H15N3O2. The van der Waals surface area contributed by atoms with Gasteiger partial charge in [-0.05, 0) is 42.8 Å². The first kappa shape index (κ1) is 12.3. The molecule has 0 bridgehead atoms. The third-order valence-electron chi connectivity index (χ3n) is 3.39. The van der Waals surface area contributed by atoms with Gasteiger partial charge in [-0.15, -0.1) is 0 Å². The van der Waals surface area contributed by atoms with Crippen LogP contribution in [0.5, 0.6) is 5.75 Å². The molecule has 0 unspecified atom stereocenters. The molecule has 0 amide bonds. The highest BCUT2D eigenvalue weighted by atomic mass is 16.5. The number of H-pyrrole nitrogens is 1. The maximum absolute atomic E-state index is 12.0. The van der Waals surface area contributed by atoms with Gasteiger partial charge in [-0.2, -0.15) is 0 Å². The lowest BCUT2D eigenvalue weighted by atomic mass is 10.2. The van der Waals surface area contributed by atoms with Crippen molar-refractivity contribution in [1.82, 2.24) is 9.78 Å². The number of benzene rings is 2. The Labute approximate surface area is 115 Å². The third kappa shape index (κ3) is 1.75. The molecule has 0 saturated carbocycles. The van der Waals surface area contributed by atoms with Crippen molar-refractivity contribution in [3.05, 3.63) is 52.3 Å². The number of methoxy groups -OCH3 is 1. The van der Waals surface area contributed by atoms with Gasteiger partial charge in [0.05, 0.1) is 23.7 Å². The van der Waals surface area contributed by atoms with E-state index in [4.69, 9.17) is 10.5 Å². The topological polar surface area (TPSA) is 73.0 Å². The number of hydrogen-bond acceptors (Lipinski definition) is 3. The zero-order chi connectivity index (χ0) is 14.3. The number of aromatic nitrogens is 2. The average Bonchev–Trinajstić information content (AvgIpc) is 2.77. The van der Waals surface area contributed by atoms with Crippen LogP contribution < -0.4 is 16.0 Å². The van der Waals surface area contributed by atoms with E-state index >= 15 is 0 Å². The number of rotatable bonds is 2. The first-order chi connectivity index (χ1) is 9.61. The van der Waals surface area contributed by atoms with Crippen molar-refractivity contribution in [1.29, 1.82) is 0 Å². The molecule has 2 aromatic carbocycles. The lowest BCUT2D eigenvalue weighted by molar-refractivity contribution is 0.411. The van der Waals surface area contributed by atoms with Gasteiger partial charge in [-0.3, -0.25) is 14.6 Å². The fraction of sp³-hybridized carbons (Fsp3) is 0.133. The van der Waals surface area contributed by atoms with Crippen LogP contribution in [0.3, 0.4) is 0 Å². The van der Waals surface area contributed by atoms with Gasteiger partial charge in [0.2, 0.25) is 0 Å². The molecule has 0 aliphatic rings. The Morgan fingerprint density at radius 3 is 2.75 bits per heavy atom. The van der Waals surface area contributed by atoms with Crippen LogP contribution in [0.25, 0.3) is 16.6 Å². The van der Waals surface area contributed by atoms with Gasteiger partial charge >= 0.3 is 0 Å². The first-order valence-electron chi connectivity index (χ1n) is 6.26. The number of aromatic amines is 1. The number of nitrogens with zero attached hydrogens (tertiary/aromatic N) is 1. The molecule has 3 aromatic rings. The summed E-state index contributed by atoms with van der Waals surface area (Å²) in [5, 5.41) is 3.33. The predicted octanol–water partition coefficient (Wildman–Crippen LogP) is 2.22. The maximum atomic E-state index is 12.0. The number of aryl methyl sites for hydroxylation is 1. The summed E-state index contributed by atoms with van der Waals surface area (Å²) in [7, 11) is 1.63. The van der Waals surface area contributed by atoms with Crippen LogP contribution >= 0.6 is 0 Å². The summed E-state index contributed by atoms with van der Waals surface area (Å²) in [4.78, 5) is 12.0. The lowest BCUT2D eigenvalue weighted by Gasteiger charge is -2.09. The van der Waals surface area contributed by atoms with Crippen LogP contribution in [0, 0.1) is 6.92 Å². The summed E-state index contributed by atoms with van der Waals surface area (Å²) in [6.07, 6.45) is 0. The van der Waals surface area contributed by atoms with Gasteiger partial charge in [0.25, 0.3) is 5.56 Å². The van der Waals surface area contributed by atoms with Gasteiger partial charge in [0.15, 0.2) is 0 Å². The largest absolute Gasteiger partial charge is 0.496 e. The van der Waals surface area contributed by atoms with E-state index in [2.05, 4.69) is 5.10 Å². The van der Waals surface area contributed by atoms with Gasteiger partial charge in [0.1, 0.15) is 5.75 Å². The molecule has 20 heavy (non-hydrogen) atoms. The second kappa shape index (κ2) is 4.45. The highest BCUT2D eigenvalue weighted by molar-refractivity contribution is 5.90. The van der Waals surface area contributed by atoms with E-state index in [0.29, 0.717) is 11.1 Å². The van der Waals surface area contributed by atoms with Crippen LogP contribution in [0.1, 0.15) is 5.56 Å². The van der Waals surface area contributed by atoms with Crippen molar-refractivity contribution < 1.29 is 4.74 Å². The monoisotopic (exact) mass is 269 g/mol. The van der Waals surface area contributed by atoms with Crippen LogP contribution in [-0.2, 0) is 0 Å². The molecule has 1 aromatic heterocycles. The molecule has 5 heteroatoms. The van der Waals surface area contributed by atoms with Crippen LogP contribution in [0.4, 0.5) is 5.69 Å². The van der Waals surface area contributed by atoms with Crippen molar-refractivity contribution >= 4 is 16.6 Å². The Morgan fingerprint density at radius 1 is 1.25 bits per heavy atom. The maximum Gasteiger partial charge on any atom is 0.274 e. The lowest BCUT2D eigenvalue weighted by Crippen LogP contribution is -2.04. The minimum atomic E-state index is -0.188. The Morgan fingerprint density at radius 2 is 2.05 bits per heavy atom. The molecule has 102 valence electrons. The summed E-state index contributed by atoms with van der Waals surface area (Å²) >= 11 is 0. The number of hydrogen-bond donors (Lipinski definition) is 2. The van der Waals surface area contributed by atoms with E-state index < -0.39 is 0 Å².